The maximum Gasteiger partial charge on any atom is 0.243 e. The van der Waals surface area contributed by atoms with Crippen molar-refractivity contribution in [3.63, 3.8) is 0 Å². The summed E-state index contributed by atoms with van der Waals surface area (Å²) >= 11 is 0. The molecule has 0 fully saturated rings. The molecule has 9 heteroatoms. The molecule has 0 aliphatic rings. The summed E-state index contributed by atoms with van der Waals surface area (Å²) in [5.41, 5.74) is 6.14. The van der Waals surface area contributed by atoms with Crippen LogP contribution in [0.1, 0.15) is 32.6 Å². The molecule has 182 valence electrons. The number of aromatic nitrogens is 2. The Kier molecular flexibility index (Phi) is 6.75. The molecule has 0 aliphatic heterocycles. The van der Waals surface area contributed by atoms with E-state index in [0.717, 1.165) is 39.7 Å². The summed E-state index contributed by atoms with van der Waals surface area (Å²) in [6.45, 7) is 7.30. The first-order chi connectivity index (χ1) is 16.6. The SMILES string of the molecule is Cc1cc(C)c(S(=O)(=O)NC(O)CNc2cc(C)cc3c2cnn3-c2ccc(C=O)cc2)c(C)c1. The van der Waals surface area contributed by atoms with E-state index in [9.17, 15) is 18.3 Å². The van der Waals surface area contributed by atoms with E-state index in [-0.39, 0.29) is 11.4 Å². The van der Waals surface area contributed by atoms with E-state index in [4.69, 9.17) is 0 Å². The number of carbonyl (C=O) groups is 1. The quantitative estimate of drug-likeness (QED) is 0.255. The minimum Gasteiger partial charge on any atom is -0.380 e. The van der Waals surface area contributed by atoms with Crippen molar-refractivity contribution >= 4 is 32.9 Å². The first-order valence-electron chi connectivity index (χ1n) is 11.1. The van der Waals surface area contributed by atoms with Gasteiger partial charge in [-0.15, -0.1) is 0 Å². The molecule has 0 aliphatic carbocycles. The van der Waals surface area contributed by atoms with Gasteiger partial charge in [0.25, 0.3) is 0 Å². The lowest BCUT2D eigenvalue weighted by Gasteiger charge is -2.18. The number of aryl methyl sites for hydroxylation is 4. The van der Waals surface area contributed by atoms with E-state index < -0.39 is 16.3 Å². The van der Waals surface area contributed by atoms with Gasteiger partial charge in [0.1, 0.15) is 12.5 Å². The molecule has 3 aromatic carbocycles. The Morgan fingerprint density at radius 1 is 1.00 bits per heavy atom. The summed E-state index contributed by atoms with van der Waals surface area (Å²) in [6.07, 6.45) is 1.15. The number of sulfonamides is 1. The van der Waals surface area contributed by atoms with E-state index in [2.05, 4.69) is 15.1 Å². The number of carbonyl (C=O) groups excluding carboxylic acids is 1. The van der Waals surface area contributed by atoms with Crippen molar-refractivity contribution < 1.29 is 18.3 Å². The van der Waals surface area contributed by atoms with E-state index in [1.165, 1.54) is 0 Å². The van der Waals surface area contributed by atoms with Crippen LogP contribution in [0.3, 0.4) is 0 Å². The lowest BCUT2D eigenvalue weighted by molar-refractivity contribution is 0.112. The zero-order chi connectivity index (χ0) is 25.3. The van der Waals surface area contributed by atoms with Gasteiger partial charge in [0, 0.05) is 16.6 Å². The molecule has 1 heterocycles. The van der Waals surface area contributed by atoms with Crippen molar-refractivity contribution in [2.24, 2.45) is 0 Å². The van der Waals surface area contributed by atoms with Gasteiger partial charge >= 0.3 is 0 Å². The fourth-order valence-electron chi connectivity index (χ4n) is 4.39. The van der Waals surface area contributed by atoms with Crippen molar-refractivity contribution in [2.75, 3.05) is 11.9 Å². The van der Waals surface area contributed by atoms with Gasteiger partial charge in [0.2, 0.25) is 10.0 Å². The Labute approximate surface area is 204 Å². The fourth-order valence-corrected chi connectivity index (χ4v) is 5.92. The number of aliphatic hydroxyl groups excluding tert-OH is 1. The van der Waals surface area contributed by atoms with Gasteiger partial charge in [-0.1, -0.05) is 17.7 Å². The number of benzene rings is 3. The Bertz CT molecular complexity index is 1490. The van der Waals surface area contributed by atoms with Gasteiger partial charge in [-0.3, -0.25) is 4.79 Å². The van der Waals surface area contributed by atoms with Crippen LogP contribution in [0.4, 0.5) is 5.69 Å². The second-order valence-corrected chi connectivity index (χ2v) is 10.4. The highest BCUT2D eigenvalue weighted by Gasteiger charge is 2.23. The molecule has 35 heavy (non-hydrogen) atoms. The van der Waals surface area contributed by atoms with E-state index in [0.29, 0.717) is 16.7 Å². The molecule has 1 aromatic heterocycles. The molecule has 4 aromatic rings. The zero-order valence-corrected chi connectivity index (χ0v) is 20.8. The molecule has 8 nitrogen and oxygen atoms in total. The fraction of sp³-hybridized carbons (Fsp3) is 0.231. The normalized spacial score (nSPS) is 12.6. The second-order valence-electron chi connectivity index (χ2n) is 8.76. The van der Waals surface area contributed by atoms with Crippen molar-refractivity contribution in [2.45, 2.75) is 38.8 Å². The van der Waals surface area contributed by atoms with Gasteiger partial charge in [-0.25, -0.2) is 13.1 Å². The Morgan fingerprint density at radius 3 is 2.26 bits per heavy atom. The largest absolute Gasteiger partial charge is 0.380 e. The van der Waals surface area contributed by atoms with Crippen LogP contribution in [-0.4, -0.2) is 42.4 Å². The molecule has 0 saturated carbocycles. The van der Waals surface area contributed by atoms with Gasteiger partial charge in [0.15, 0.2) is 0 Å². The molecule has 1 atom stereocenters. The summed E-state index contributed by atoms with van der Waals surface area (Å²) in [7, 11) is -3.91. The monoisotopic (exact) mass is 492 g/mol. The summed E-state index contributed by atoms with van der Waals surface area (Å²) in [4.78, 5) is 11.1. The number of hydrogen-bond acceptors (Lipinski definition) is 6. The van der Waals surface area contributed by atoms with Crippen LogP contribution in [0.5, 0.6) is 0 Å². The third-order valence-electron chi connectivity index (χ3n) is 5.76. The van der Waals surface area contributed by atoms with Crippen molar-refractivity contribution in [3.05, 3.63) is 82.5 Å². The van der Waals surface area contributed by atoms with Gasteiger partial charge in [-0.2, -0.15) is 9.82 Å². The summed E-state index contributed by atoms with van der Waals surface area (Å²) < 4.78 is 30.0. The highest BCUT2D eigenvalue weighted by Crippen LogP contribution is 2.28. The molecule has 0 amide bonds. The molecule has 4 rings (SSSR count). The lowest BCUT2D eigenvalue weighted by Crippen LogP contribution is -2.40. The number of fused-ring (bicyclic) bond motifs is 1. The lowest BCUT2D eigenvalue weighted by atomic mass is 10.1. The standard InChI is InChI=1S/C26H28N4O4S/c1-16-9-18(3)26(19(4)10-16)35(33,34)29-25(32)14-27-23-11-17(2)12-24-22(23)13-28-30(24)21-7-5-20(15-31)6-8-21/h5-13,15,25,27,29,32H,14H2,1-4H3. The van der Waals surface area contributed by atoms with Gasteiger partial charge < -0.3 is 10.4 Å². The van der Waals surface area contributed by atoms with Gasteiger partial charge in [0.05, 0.1) is 28.8 Å². The summed E-state index contributed by atoms with van der Waals surface area (Å²) in [6, 6.07) is 14.6. The third-order valence-corrected chi connectivity index (χ3v) is 7.52. The molecular formula is C26H28N4O4S. The van der Waals surface area contributed by atoms with E-state index in [1.807, 2.05) is 38.1 Å². The van der Waals surface area contributed by atoms with Crippen LogP contribution in [0, 0.1) is 27.7 Å². The molecule has 0 saturated heterocycles. The van der Waals surface area contributed by atoms with Crippen LogP contribution >= 0.6 is 0 Å². The Hall–Kier alpha value is -3.53. The van der Waals surface area contributed by atoms with Crippen LogP contribution < -0.4 is 10.0 Å². The average molecular weight is 493 g/mol. The predicted octanol–water partition coefficient (Wildman–Crippen LogP) is 3.78. The Morgan fingerprint density at radius 2 is 1.63 bits per heavy atom. The van der Waals surface area contributed by atoms with E-state index >= 15 is 0 Å². The average Bonchev–Trinajstić information content (AvgIpc) is 3.20. The molecule has 0 radical (unpaired) electrons. The first kappa shape index (κ1) is 24.6. The maximum atomic E-state index is 12.9. The van der Waals surface area contributed by atoms with Gasteiger partial charge in [-0.05, 0) is 80.8 Å². The number of nitrogens with zero attached hydrogens (tertiary/aromatic N) is 2. The molecule has 0 spiro atoms. The van der Waals surface area contributed by atoms with Crippen LogP contribution in [0.25, 0.3) is 16.6 Å². The predicted molar refractivity (Wildman–Crippen MR) is 137 cm³/mol. The number of rotatable bonds is 8. The molecule has 0 bridgehead atoms. The smallest absolute Gasteiger partial charge is 0.243 e. The summed E-state index contributed by atoms with van der Waals surface area (Å²) in [5, 5.41) is 19.0. The number of aldehydes is 1. The van der Waals surface area contributed by atoms with Crippen LogP contribution in [-0.2, 0) is 10.0 Å². The topological polar surface area (TPSA) is 113 Å². The van der Waals surface area contributed by atoms with Crippen LogP contribution in [0.2, 0.25) is 0 Å². The first-order valence-corrected chi connectivity index (χ1v) is 12.6. The molecule has 3 N–H and O–H groups in total. The third kappa shape index (κ3) is 5.12. The number of hydrogen-bond donors (Lipinski definition) is 3. The molecule has 1 unspecified atom stereocenters. The van der Waals surface area contributed by atoms with E-state index in [1.54, 1.807) is 49.0 Å². The van der Waals surface area contributed by atoms with Crippen molar-refractivity contribution in [3.8, 4) is 5.69 Å². The minimum atomic E-state index is -3.91. The number of aliphatic hydroxyl groups is 1. The number of anilines is 1. The zero-order valence-electron chi connectivity index (χ0n) is 20.0. The number of nitrogens with one attached hydrogen (secondary N) is 2. The minimum absolute atomic E-state index is 0.0407. The maximum absolute atomic E-state index is 12.9. The second kappa shape index (κ2) is 9.61. The van der Waals surface area contributed by atoms with Crippen molar-refractivity contribution in [1.29, 1.82) is 0 Å². The summed E-state index contributed by atoms with van der Waals surface area (Å²) in [5.74, 6) is 0. The molecular weight excluding hydrogens is 464 g/mol. The van der Waals surface area contributed by atoms with Crippen molar-refractivity contribution in [1.82, 2.24) is 14.5 Å². The van der Waals surface area contributed by atoms with Crippen LogP contribution in [0.15, 0.2) is 59.6 Å². The highest BCUT2D eigenvalue weighted by atomic mass is 32.2. The Balaban J connectivity index is 1.55. The highest BCUT2D eigenvalue weighted by molar-refractivity contribution is 7.89.